The molecule has 1 unspecified atom stereocenters. The number of aliphatic imine (C=N–C) groups is 1. The molecule has 1 fully saturated rings. The second-order valence-corrected chi connectivity index (χ2v) is 8.23. The van der Waals surface area contributed by atoms with Gasteiger partial charge in [0.05, 0.1) is 24.9 Å². The van der Waals surface area contributed by atoms with Crippen molar-refractivity contribution in [3.8, 4) is 5.75 Å². The van der Waals surface area contributed by atoms with Crippen molar-refractivity contribution < 1.29 is 9.47 Å². The van der Waals surface area contributed by atoms with E-state index in [0.29, 0.717) is 19.7 Å². The Morgan fingerprint density at radius 2 is 2.12 bits per heavy atom. The topological polar surface area (TPSA) is 72.2 Å². The van der Waals surface area contributed by atoms with E-state index in [1.54, 1.807) is 0 Å². The van der Waals surface area contributed by atoms with Crippen LogP contribution >= 0.6 is 24.0 Å². The Balaban J connectivity index is 0.00000306. The molecule has 0 radical (unpaired) electrons. The maximum Gasteiger partial charge on any atom is 0.191 e. The molecule has 3 aromatic rings. The molecule has 1 saturated heterocycles. The van der Waals surface area contributed by atoms with E-state index in [1.807, 2.05) is 12.1 Å². The van der Waals surface area contributed by atoms with Gasteiger partial charge >= 0.3 is 0 Å². The molecular weight excluding hydrogens is 529 g/mol. The fourth-order valence-electron chi connectivity index (χ4n) is 3.85. The van der Waals surface area contributed by atoms with E-state index < -0.39 is 0 Å². The highest BCUT2D eigenvalue weighted by Crippen LogP contribution is 2.23. The van der Waals surface area contributed by atoms with Crippen molar-refractivity contribution in [1.82, 2.24) is 20.0 Å². The third kappa shape index (κ3) is 6.83. The van der Waals surface area contributed by atoms with Crippen molar-refractivity contribution in [2.24, 2.45) is 4.99 Å². The van der Waals surface area contributed by atoms with Gasteiger partial charge in [-0.05, 0) is 57.4 Å². The summed E-state index contributed by atoms with van der Waals surface area (Å²) in [5, 5.41) is 6.72. The molecule has 0 amide bonds. The van der Waals surface area contributed by atoms with Crippen LogP contribution in [-0.2, 0) is 17.8 Å². The number of pyridine rings is 1. The summed E-state index contributed by atoms with van der Waals surface area (Å²) in [6.07, 6.45) is 4.44. The van der Waals surface area contributed by atoms with Crippen LogP contribution in [0, 0.1) is 13.8 Å². The molecule has 1 aliphatic heterocycles. The van der Waals surface area contributed by atoms with Crippen LogP contribution in [0.15, 0.2) is 47.6 Å². The Bertz CT molecular complexity index is 1080. The number of aryl methyl sites for hydroxylation is 2. The third-order valence-corrected chi connectivity index (χ3v) is 5.61. The lowest BCUT2D eigenvalue weighted by Crippen LogP contribution is -2.36. The zero-order valence-corrected chi connectivity index (χ0v) is 22.0. The minimum Gasteiger partial charge on any atom is -0.491 e. The van der Waals surface area contributed by atoms with Crippen LogP contribution in [-0.4, -0.2) is 41.2 Å². The highest BCUT2D eigenvalue weighted by molar-refractivity contribution is 14.0. The highest BCUT2D eigenvalue weighted by Gasteiger charge is 2.17. The summed E-state index contributed by atoms with van der Waals surface area (Å²) in [7, 11) is 0. The van der Waals surface area contributed by atoms with Crippen LogP contribution in [0.1, 0.15) is 42.3 Å². The number of hydrogen-bond acceptors (Lipinski definition) is 4. The van der Waals surface area contributed by atoms with Crippen LogP contribution in [0.3, 0.4) is 0 Å². The van der Waals surface area contributed by atoms with Crippen molar-refractivity contribution in [3.63, 3.8) is 0 Å². The Morgan fingerprint density at radius 3 is 2.88 bits per heavy atom. The van der Waals surface area contributed by atoms with Gasteiger partial charge in [0.2, 0.25) is 0 Å². The van der Waals surface area contributed by atoms with Gasteiger partial charge in [0, 0.05) is 30.6 Å². The molecule has 0 aliphatic carbocycles. The maximum atomic E-state index is 6.12. The van der Waals surface area contributed by atoms with Crippen molar-refractivity contribution in [2.75, 3.05) is 19.8 Å². The van der Waals surface area contributed by atoms with Crippen LogP contribution in [0.5, 0.6) is 5.75 Å². The minimum atomic E-state index is 0. The molecular formula is C25H34IN5O2. The number of guanidine groups is 1. The number of hydrogen-bond donors (Lipinski definition) is 2. The van der Waals surface area contributed by atoms with Crippen LogP contribution in [0.4, 0.5) is 0 Å². The Kier molecular flexibility index (Phi) is 9.37. The summed E-state index contributed by atoms with van der Waals surface area (Å²) in [5.41, 5.74) is 5.33. The van der Waals surface area contributed by atoms with Gasteiger partial charge in [0.1, 0.15) is 18.0 Å². The normalized spacial score (nSPS) is 16.0. The number of fused-ring (bicyclic) bond motifs is 1. The number of ether oxygens (including phenoxy) is 2. The predicted molar refractivity (Wildman–Crippen MR) is 143 cm³/mol. The first-order valence-electron chi connectivity index (χ1n) is 11.4. The Hall–Kier alpha value is -2.33. The number of aromatic nitrogens is 2. The molecule has 0 saturated carbocycles. The molecule has 7 nitrogen and oxygen atoms in total. The van der Waals surface area contributed by atoms with E-state index in [9.17, 15) is 0 Å². The largest absolute Gasteiger partial charge is 0.491 e. The molecule has 1 atom stereocenters. The van der Waals surface area contributed by atoms with Gasteiger partial charge in [-0.25, -0.2) is 9.98 Å². The Labute approximate surface area is 213 Å². The van der Waals surface area contributed by atoms with E-state index in [0.717, 1.165) is 60.3 Å². The molecule has 1 aliphatic rings. The van der Waals surface area contributed by atoms with Crippen molar-refractivity contribution in [3.05, 3.63) is 65.1 Å². The second-order valence-electron chi connectivity index (χ2n) is 8.23. The van der Waals surface area contributed by atoms with Gasteiger partial charge in [-0.2, -0.15) is 0 Å². The average Bonchev–Trinajstić information content (AvgIpc) is 3.45. The molecule has 0 bridgehead atoms. The van der Waals surface area contributed by atoms with Crippen molar-refractivity contribution >= 4 is 35.6 Å². The van der Waals surface area contributed by atoms with Gasteiger partial charge in [-0.1, -0.05) is 18.2 Å². The van der Waals surface area contributed by atoms with Crippen molar-refractivity contribution in [2.45, 2.75) is 52.8 Å². The van der Waals surface area contributed by atoms with Gasteiger partial charge in [0.25, 0.3) is 0 Å². The number of halogens is 1. The Morgan fingerprint density at radius 1 is 1.24 bits per heavy atom. The lowest BCUT2D eigenvalue weighted by molar-refractivity contribution is 0.0676. The molecule has 33 heavy (non-hydrogen) atoms. The average molecular weight is 563 g/mol. The molecule has 8 heteroatoms. The zero-order chi connectivity index (χ0) is 22.3. The van der Waals surface area contributed by atoms with Crippen LogP contribution < -0.4 is 15.4 Å². The zero-order valence-electron chi connectivity index (χ0n) is 19.6. The van der Waals surface area contributed by atoms with E-state index in [4.69, 9.17) is 19.5 Å². The standard InChI is InChI=1S/C25H33N5O2.HI/c1-4-26-25(28-15-21-16-30-19(3)7-5-9-24(30)29-21)27-14-20-11-10-18(2)13-23(20)32-17-22-8-6-12-31-22;/h5,7,9-11,13,16,22H,4,6,8,12,14-15,17H2,1-3H3,(H2,26,27,28);1H. The monoisotopic (exact) mass is 563 g/mol. The molecule has 1 aromatic carbocycles. The number of nitrogens with one attached hydrogen (secondary N) is 2. The van der Waals surface area contributed by atoms with Crippen molar-refractivity contribution in [1.29, 1.82) is 0 Å². The lowest BCUT2D eigenvalue weighted by atomic mass is 10.1. The summed E-state index contributed by atoms with van der Waals surface area (Å²) in [6.45, 7) is 9.56. The summed E-state index contributed by atoms with van der Waals surface area (Å²) >= 11 is 0. The second kappa shape index (κ2) is 12.2. The number of nitrogens with zero attached hydrogens (tertiary/aromatic N) is 3. The number of imidazole rings is 1. The summed E-state index contributed by atoms with van der Waals surface area (Å²) < 4.78 is 13.9. The molecule has 0 spiro atoms. The van der Waals surface area contributed by atoms with Gasteiger partial charge in [-0.3, -0.25) is 0 Å². The highest BCUT2D eigenvalue weighted by atomic mass is 127. The molecule has 2 aromatic heterocycles. The van der Waals surface area contributed by atoms with Gasteiger partial charge < -0.3 is 24.5 Å². The van der Waals surface area contributed by atoms with Gasteiger partial charge in [0.15, 0.2) is 5.96 Å². The van der Waals surface area contributed by atoms with Gasteiger partial charge in [-0.15, -0.1) is 24.0 Å². The fourth-order valence-corrected chi connectivity index (χ4v) is 3.85. The summed E-state index contributed by atoms with van der Waals surface area (Å²) in [4.78, 5) is 9.48. The first-order valence-corrected chi connectivity index (χ1v) is 11.4. The minimum absolute atomic E-state index is 0. The van der Waals surface area contributed by atoms with E-state index in [-0.39, 0.29) is 30.1 Å². The third-order valence-electron chi connectivity index (χ3n) is 5.61. The van der Waals surface area contributed by atoms with E-state index in [2.05, 4.69) is 66.3 Å². The quantitative estimate of drug-likeness (QED) is 0.242. The van der Waals surface area contributed by atoms with E-state index >= 15 is 0 Å². The molecule has 4 rings (SSSR count). The fraction of sp³-hybridized carbons (Fsp3) is 0.440. The van der Waals surface area contributed by atoms with Crippen LogP contribution in [0.25, 0.3) is 5.65 Å². The summed E-state index contributed by atoms with van der Waals surface area (Å²) in [5.74, 6) is 1.64. The smallest absolute Gasteiger partial charge is 0.191 e. The first-order chi connectivity index (χ1) is 15.6. The summed E-state index contributed by atoms with van der Waals surface area (Å²) in [6, 6.07) is 12.4. The van der Waals surface area contributed by atoms with Crippen LogP contribution in [0.2, 0.25) is 0 Å². The predicted octanol–water partition coefficient (Wildman–Crippen LogP) is 4.38. The molecule has 2 N–H and O–H groups in total. The molecule has 178 valence electrons. The SMILES string of the molecule is CCNC(=NCc1ccc(C)cc1OCC1CCCO1)NCc1cn2c(C)cccc2n1.I. The maximum absolute atomic E-state index is 6.12. The lowest BCUT2D eigenvalue weighted by Gasteiger charge is -2.15. The number of rotatable bonds is 8. The van der Waals surface area contributed by atoms with E-state index in [1.165, 1.54) is 5.56 Å². The first kappa shape index (κ1) is 25.3. The number of benzene rings is 1. The molecule has 3 heterocycles.